The van der Waals surface area contributed by atoms with Crippen LogP contribution in [-0.4, -0.2) is 25.7 Å². The van der Waals surface area contributed by atoms with Crippen molar-refractivity contribution >= 4 is 5.91 Å². The molecule has 0 bridgehead atoms. The Morgan fingerprint density at radius 3 is 2.84 bits per heavy atom. The number of hydrogen-bond acceptors (Lipinski definition) is 4. The highest BCUT2D eigenvalue weighted by Gasteiger charge is 2.27. The van der Waals surface area contributed by atoms with Gasteiger partial charge in [-0.1, -0.05) is 26.7 Å². The molecule has 1 aromatic carbocycles. The van der Waals surface area contributed by atoms with Crippen LogP contribution in [0.2, 0.25) is 0 Å². The zero-order chi connectivity index (χ0) is 18.2. The van der Waals surface area contributed by atoms with Crippen molar-refractivity contribution in [2.45, 2.75) is 52.0 Å². The standard InChI is InChI=1S/C20H28N2O3/c1-14-6-4-7-17(15(14)2)22-20(23)8-5-11-25-18-10-9-16(13-21)12-19(18)24-3/h9-10,12,14-15,17H,4-8,11H2,1-3H3,(H,22,23)/t14-,15-,17+/m0/s1. The quantitative estimate of drug-likeness (QED) is 0.766. The molecule has 5 nitrogen and oxygen atoms in total. The number of hydrogen-bond donors (Lipinski definition) is 1. The number of ether oxygens (including phenoxy) is 2. The monoisotopic (exact) mass is 344 g/mol. The first-order valence-electron chi connectivity index (χ1n) is 9.05. The van der Waals surface area contributed by atoms with Crippen LogP contribution >= 0.6 is 0 Å². The molecule has 3 atom stereocenters. The van der Waals surface area contributed by atoms with Crippen LogP contribution in [0.15, 0.2) is 18.2 Å². The van der Waals surface area contributed by atoms with Crippen molar-refractivity contribution in [3.63, 3.8) is 0 Å². The van der Waals surface area contributed by atoms with Gasteiger partial charge in [0, 0.05) is 18.5 Å². The van der Waals surface area contributed by atoms with E-state index in [1.54, 1.807) is 25.3 Å². The van der Waals surface area contributed by atoms with Gasteiger partial charge in [-0.25, -0.2) is 0 Å². The number of benzene rings is 1. The lowest BCUT2D eigenvalue weighted by atomic mass is 9.78. The van der Waals surface area contributed by atoms with E-state index in [0.717, 1.165) is 6.42 Å². The maximum absolute atomic E-state index is 12.2. The number of amides is 1. The van der Waals surface area contributed by atoms with E-state index in [2.05, 4.69) is 25.2 Å². The fraction of sp³-hybridized carbons (Fsp3) is 0.600. The minimum atomic E-state index is 0.0985. The highest BCUT2D eigenvalue weighted by molar-refractivity contribution is 5.76. The van der Waals surface area contributed by atoms with Crippen LogP contribution in [0.1, 0.15) is 51.5 Å². The molecule has 0 unspecified atom stereocenters. The van der Waals surface area contributed by atoms with Gasteiger partial charge in [0.1, 0.15) is 0 Å². The topological polar surface area (TPSA) is 71.3 Å². The fourth-order valence-electron chi connectivity index (χ4n) is 3.34. The van der Waals surface area contributed by atoms with Gasteiger partial charge >= 0.3 is 0 Å². The smallest absolute Gasteiger partial charge is 0.220 e. The summed E-state index contributed by atoms with van der Waals surface area (Å²) in [6.45, 7) is 4.93. The Hall–Kier alpha value is -2.22. The molecule has 1 N–H and O–H groups in total. The molecule has 136 valence electrons. The van der Waals surface area contributed by atoms with Gasteiger partial charge in [0.25, 0.3) is 0 Å². The minimum absolute atomic E-state index is 0.0985. The number of nitrogens with zero attached hydrogens (tertiary/aromatic N) is 1. The average Bonchev–Trinajstić information content (AvgIpc) is 2.62. The first-order chi connectivity index (χ1) is 12.0. The summed E-state index contributed by atoms with van der Waals surface area (Å²) in [4.78, 5) is 12.2. The molecule has 1 aliphatic rings. The van der Waals surface area contributed by atoms with Gasteiger partial charge in [-0.15, -0.1) is 0 Å². The maximum atomic E-state index is 12.2. The average molecular weight is 344 g/mol. The second kappa shape index (κ2) is 9.31. The van der Waals surface area contributed by atoms with Crippen molar-refractivity contribution < 1.29 is 14.3 Å². The molecule has 0 radical (unpaired) electrons. The van der Waals surface area contributed by atoms with Crippen molar-refractivity contribution in [3.8, 4) is 17.6 Å². The van der Waals surface area contributed by atoms with Crippen LogP contribution in [0.4, 0.5) is 0 Å². The molecule has 0 saturated heterocycles. The summed E-state index contributed by atoms with van der Waals surface area (Å²) in [5.74, 6) is 2.44. The second-order valence-electron chi connectivity index (χ2n) is 6.87. The normalized spacial score (nSPS) is 22.7. The number of carbonyl (C=O) groups excluding carboxylic acids is 1. The molecule has 0 aliphatic heterocycles. The second-order valence-corrected chi connectivity index (χ2v) is 6.87. The van der Waals surface area contributed by atoms with E-state index in [9.17, 15) is 4.79 Å². The van der Waals surface area contributed by atoms with Crippen molar-refractivity contribution in [3.05, 3.63) is 23.8 Å². The lowest BCUT2D eigenvalue weighted by Gasteiger charge is -2.34. The molecule has 1 aliphatic carbocycles. The number of methoxy groups -OCH3 is 1. The van der Waals surface area contributed by atoms with Gasteiger partial charge < -0.3 is 14.8 Å². The Kier molecular flexibility index (Phi) is 7.12. The first-order valence-corrected chi connectivity index (χ1v) is 9.05. The Balaban J connectivity index is 1.74. The van der Waals surface area contributed by atoms with Crippen LogP contribution in [0.5, 0.6) is 11.5 Å². The number of rotatable bonds is 7. The Labute approximate surface area is 150 Å². The molecule has 1 aromatic rings. The molecule has 2 rings (SSSR count). The Morgan fingerprint density at radius 1 is 1.32 bits per heavy atom. The molecule has 0 spiro atoms. The summed E-state index contributed by atoms with van der Waals surface area (Å²) < 4.78 is 10.9. The summed E-state index contributed by atoms with van der Waals surface area (Å²) in [6, 6.07) is 7.43. The van der Waals surface area contributed by atoms with Gasteiger partial charge in [0.15, 0.2) is 11.5 Å². The molecule has 25 heavy (non-hydrogen) atoms. The Bertz CT molecular complexity index is 624. The molecular formula is C20H28N2O3. The number of carbonyl (C=O) groups is 1. The summed E-state index contributed by atoms with van der Waals surface area (Å²) >= 11 is 0. The van der Waals surface area contributed by atoms with Crippen LogP contribution in [0, 0.1) is 23.2 Å². The highest BCUT2D eigenvalue weighted by Crippen LogP contribution is 2.30. The molecular weight excluding hydrogens is 316 g/mol. The highest BCUT2D eigenvalue weighted by atomic mass is 16.5. The lowest BCUT2D eigenvalue weighted by molar-refractivity contribution is -0.122. The zero-order valence-electron chi connectivity index (χ0n) is 15.4. The van der Waals surface area contributed by atoms with Crippen LogP contribution in [0.3, 0.4) is 0 Å². The third-order valence-corrected chi connectivity index (χ3v) is 5.15. The molecule has 0 aromatic heterocycles. The minimum Gasteiger partial charge on any atom is -0.493 e. The van der Waals surface area contributed by atoms with Gasteiger partial charge in [-0.2, -0.15) is 5.26 Å². The summed E-state index contributed by atoms with van der Waals surface area (Å²) in [5, 5.41) is 12.1. The van der Waals surface area contributed by atoms with Crippen LogP contribution in [-0.2, 0) is 4.79 Å². The third-order valence-electron chi connectivity index (χ3n) is 5.15. The van der Waals surface area contributed by atoms with Gasteiger partial charge in [-0.3, -0.25) is 4.79 Å². The van der Waals surface area contributed by atoms with Crippen molar-refractivity contribution in [1.82, 2.24) is 5.32 Å². The van der Waals surface area contributed by atoms with E-state index in [-0.39, 0.29) is 5.91 Å². The summed E-state index contributed by atoms with van der Waals surface area (Å²) in [5.41, 5.74) is 0.527. The first kappa shape index (κ1) is 19.1. The predicted molar refractivity (Wildman–Crippen MR) is 96.5 cm³/mol. The van der Waals surface area contributed by atoms with Crippen LogP contribution in [0.25, 0.3) is 0 Å². The van der Waals surface area contributed by atoms with Crippen molar-refractivity contribution in [2.75, 3.05) is 13.7 Å². The molecule has 1 saturated carbocycles. The molecule has 5 heteroatoms. The Morgan fingerprint density at radius 2 is 2.12 bits per heavy atom. The summed E-state index contributed by atoms with van der Waals surface area (Å²) in [7, 11) is 1.54. The third kappa shape index (κ3) is 5.38. The van der Waals surface area contributed by atoms with Gasteiger partial charge in [0.2, 0.25) is 5.91 Å². The molecule has 1 amide bonds. The summed E-state index contributed by atoms with van der Waals surface area (Å²) in [6.07, 6.45) is 4.63. The van der Waals surface area contributed by atoms with E-state index in [4.69, 9.17) is 14.7 Å². The number of nitrogens with one attached hydrogen (secondary N) is 1. The van der Waals surface area contributed by atoms with Crippen molar-refractivity contribution in [2.24, 2.45) is 11.8 Å². The van der Waals surface area contributed by atoms with E-state index in [1.165, 1.54) is 12.8 Å². The maximum Gasteiger partial charge on any atom is 0.220 e. The largest absolute Gasteiger partial charge is 0.493 e. The van der Waals surface area contributed by atoms with Crippen molar-refractivity contribution in [1.29, 1.82) is 5.26 Å². The van der Waals surface area contributed by atoms with E-state index < -0.39 is 0 Å². The fourth-order valence-corrected chi connectivity index (χ4v) is 3.34. The van der Waals surface area contributed by atoms with E-state index in [1.807, 2.05) is 0 Å². The van der Waals surface area contributed by atoms with E-state index in [0.29, 0.717) is 54.4 Å². The molecule has 0 heterocycles. The predicted octanol–water partition coefficient (Wildman–Crippen LogP) is 3.67. The van der Waals surface area contributed by atoms with Crippen LogP contribution < -0.4 is 14.8 Å². The van der Waals surface area contributed by atoms with Gasteiger partial charge in [-0.05, 0) is 36.8 Å². The zero-order valence-corrected chi connectivity index (χ0v) is 15.4. The number of nitriles is 1. The van der Waals surface area contributed by atoms with E-state index >= 15 is 0 Å². The van der Waals surface area contributed by atoms with Gasteiger partial charge in [0.05, 0.1) is 25.3 Å². The SMILES string of the molecule is COc1cc(C#N)ccc1OCCCC(=O)N[C@@H]1CCC[C@H](C)[C@@H]1C. The lowest BCUT2D eigenvalue weighted by Crippen LogP contribution is -2.43. The molecule has 1 fully saturated rings.